The number of nitriles is 1. The zero-order valence-electron chi connectivity index (χ0n) is 23.5. The van der Waals surface area contributed by atoms with E-state index in [4.69, 9.17) is 28.9 Å². The van der Waals surface area contributed by atoms with E-state index in [0.29, 0.717) is 40.7 Å². The number of nitrogens with zero attached hydrogens (tertiary/aromatic N) is 1. The van der Waals surface area contributed by atoms with E-state index in [2.05, 4.69) is 0 Å². The highest BCUT2D eigenvalue weighted by molar-refractivity contribution is 5.94. The fraction of sp³-hybridized carbons (Fsp3) is 0.235. The molecule has 4 aromatic rings. The summed E-state index contributed by atoms with van der Waals surface area (Å²) in [5.41, 5.74) is 4.75. The van der Waals surface area contributed by atoms with Crippen LogP contribution in [-0.4, -0.2) is 19.2 Å². The third kappa shape index (κ3) is 8.02. The number of benzene rings is 4. The van der Waals surface area contributed by atoms with Crippen molar-refractivity contribution in [3.05, 3.63) is 118 Å². The van der Waals surface area contributed by atoms with Crippen LogP contribution in [0.1, 0.15) is 45.1 Å². The Balaban J connectivity index is 1.48. The molecule has 0 aromatic heterocycles. The summed E-state index contributed by atoms with van der Waals surface area (Å²) in [6.45, 7) is 6.63. The minimum atomic E-state index is -0.445. The first-order valence-corrected chi connectivity index (χ1v) is 13.4. The first-order chi connectivity index (χ1) is 20.0. The molecular formula is C34H33NO6. The van der Waals surface area contributed by atoms with Gasteiger partial charge in [0, 0.05) is 11.6 Å². The van der Waals surface area contributed by atoms with Crippen molar-refractivity contribution in [3.8, 4) is 29.1 Å². The summed E-state index contributed by atoms with van der Waals surface area (Å²) < 4.78 is 29.2. The third-order valence-corrected chi connectivity index (χ3v) is 6.26. The molecule has 0 bridgehead atoms. The van der Waals surface area contributed by atoms with Gasteiger partial charge in [-0.05, 0) is 61.2 Å². The van der Waals surface area contributed by atoms with Gasteiger partial charge in [0.15, 0.2) is 6.61 Å². The predicted molar refractivity (Wildman–Crippen MR) is 155 cm³/mol. The second kappa shape index (κ2) is 14.4. The Morgan fingerprint density at radius 1 is 0.732 bits per heavy atom. The topological polar surface area (TPSA) is 87.0 Å². The molecule has 7 nitrogen and oxygen atoms in total. The van der Waals surface area contributed by atoms with Gasteiger partial charge in [0.05, 0.1) is 6.61 Å². The van der Waals surface area contributed by atoms with Crippen LogP contribution in [0.15, 0.2) is 84.9 Å². The maximum absolute atomic E-state index is 12.8. The molecule has 0 radical (unpaired) electrons. The molecule has 0 aliphatic heterocycles. The van der Waals surface area contributed by atoms with Gasteiger partial charge in [0.2, 0.25) is 0 Å². The number of carbonyl (C=O) groups excluding carboxylic acids is 1. The zero-order valence-corrected chi connectivity index (χ0v) is 23.5. The molecule has 41 heavy (non-hydrogen) atoms. The molecule has 210 valence electrons. The van der Waals surface area contributed by atoms with Gasteiger partial charge in [-0.1, -0.05) is 60.7 Å². The molecule has 0 aliphatic carbocycles. The Morgan fingerprint density at radius 2 is 1.46 bits per heavy atom. The molecular weight excluding hydrogens is 518 g/mol. The summed E-state index contributed by atoms with van der Waals surface area (Å²) >= 11 is 0. The number of para-hydroxylation sites is 1. The van der Waals surface area contributed by atoms with Crippen molar-refractivity contribution < 1.29 is 28.5 Å². The lowest BCUT2D eigenvalue weighted by atomic mass is 10.1. The van der Waals surface area contributed by atoms with Crippen molar-refractivity contribution in [1.82, 2.24) is 0 Å². The van der Waals surface area contributed by atoms with Gasteiger partial charge in [-0.2, -0.15) is 5.26 Å². The molecule has 0 spiro atoms. The van der Waals surface area contributed by atoms with E-state index in [1.807, 2.05) is 98.8 Å². The lowest BCUT2D eigenvalue weighted by Crippen LogP contribution is -2.11. The van der Waals surface area contributed by atoms with Crippen molar-refractivity contribution in [2.45, 2.75) is 40.6 Å². The third-order valence-electron chi connectivity index (χ3n) is 6.26. The van der Waals surface area contributed by atoms with Gasteiger partial charge in [-0.15, -0.1) is 0 Å². The highest BCUT2D eigenvalue weighted by Crippen LogP contribution is 2.31. The first kappa shape index (κ1) is 29.0. The van der Waals surface area contributed by atoms with E-state index in [0.717, 1.165) is 22.3 Å². The maximum Gasteiger partial charge on any atom is 0.342 e. The number of aryl methyl sites for hydroxylation is 2. The predicted octanol–water partition coefficient (Wildman–Crippen LogP) is 7.12. The normalized spacial score (nSPS) is 10.4. The van der Waals surface area contributed by atoms with Crippen molar-refractivity contribution in [2.24, 2.45) is 0 Å². The zero-order chi connectivity index (χ0) is 29.0. The average Bonchev–Trinajstić information content (AvgIpc) is 2.98. The minimum absolute atomic E-state index is 0.0313. The largest absolute Gasteiger partial charge is 0.489 e. The highest BCUT2D eigenvalue weighted by Gasteiger charge is 2.19. The summed E-state index contributed by atoms with van der Waals surface area (Å²) in [6, 6.07) is 28.7. The molecule has 0 saturated heterocycles. The van der Waals surface area contributed by atoms with Crippen LogP contribution >= 0.6 is 0 Å². The second-order valence-electron chi connectivity index (χ2n) is 9.34. The molecule has 7 heteroatoms. The van der Waals surface area contributed by atoms with Crippen LogP contribution in [0.5, 0.6) is 23.0 Å². The summed E-state index contributed by atoms with van der Waals surface area (Å²) in [5.74, 6) is 1.85. The number of hydrogen-bond acceptors (Lipinski definition) is 7. The molecule has 0 unspecified atom stereocenters. The van der Waals surface area contributed by atoms with E-state index in [9.17, 15) is 4.79 Å². The van der Waals surface area contributed by atoms with E-state index < -0.39 is 5.97 Å². The number of hydrogen-bond donors (Lipinski definition) is 0. The van der Waals surface area contributed by atoms with Crippen LogP contribution < -0.4 is 18.9 Å². The molecule has 0 N–H and O–H groups in total. The van der Waals surface area contributed by atoms with E-state index >= 15 is 0 Å². The van der Waals surface area contributed by atoms with Gasteiger partial charge >= 0.3 is 5.97 Å². The lowest BCUT2D eigenvalue weighted by Gasteiger charge is -2.16. The lowest BCUT2D eigenvalue weighted by molar-refractivity contribution is 0.0520. The Morgan fingerprint density at radius 3 is 2.24 bits per heavy atom. The molecule has 0 aliphatic rings. The van der Waals surface area contributed by atoms with E-state index in [1.165, 1.54) is 0 Å². The maximum atomic E-state index is 12.8. The molecule has 0 heterocycles. The minimum Gasteiger partial charge on any atom is -0.489 e. The van der Waals surface area contributed by atoms with Crippen LogP contribution in [0.3, 0.4) is 0 Å². The van der Waals surface area contributed by atoms with E-state index in [1.54, 1.807) is 13.0 Å². The highest BCUT2D eigenvalue weighted by atomic mass is 16.5. The summed E-state index contributed by atoms with van der Waals surface area (Å²) in [5, 5.41) is 8.91. The van der Waals surface area contributed by atoms with Gasteiger partial charge in [0.1, 0.15) is 54.5 Å². The van der Waals surface area contributed by atoms with Crippen molar-refractivity contribution in [2.75, 3.05) is 13.2 Å². The number of carbonyl (C=O) groups is 1. The fourth-order valence-electron chi connectivity index (χ4n) is 4.31. The SMILES string of the molecule is CCOC(=O)c1c(C)cc(OCc2ccccc2)cc1OCc1cccc(OCc2cccc(C)c2OCC#N)c1. The Hall–Kier alpha value is -4.96. The summed E-state index contributed by atoms with van der Waals surface area (Å²) in [7, 11) is 0. The van der Waals surface area contributed by atoms with Gasteiger partial charge in [-0.25, -0.2) is 4.79 Å². The van der Waals surface area contributed by atoms with Crippen LogP contribution in [0.2, 0.25) is 0 Å². The quantitative estimate of drug-likeness (QED) is 0.164. The molecule has 0 saturated carbocycles. The van der Waals surface area contributed by atoms with Crippen LogP contribution in [0, 0.1) is 25.2 Å². The molecule has 0 fully saturated rings. The van der Waals surface area contributed by atoms with Crippen molar-refractivity contribution in [3.63, 3.8) is 0 Å². The standard InChI is InChI=1S/C34H33NO6/c1-4-37-34(36)32-25(3)18-30(39-21-26-11-6-5-7-12-26)20-31(32)41-22-27-13-9-15-29(19-27)40-23-28-14-8-10-24(2)33(28)38-17-16-35/h5-15,18-20H,4,17,21-23H2,1-3H3. The smallest absolute Gasteiger partial charge is 0.342 e. The second-order valence-corrected chi connectivity index (χ2v) is 9.34. The molecule has 4 rings (SSSR count). The Kier molecular flexibility index (Phi) is 10.2. The van der Waals surface area contributed by atoms with Crippen LogP contribution in [0.4, 0.5) is 0 Å². The van der Waals surface area contributed by atoms with Crippen LogP contribution in [0.25, 0.3) is 0 Å². The number of esters is 1. The van der Waals surface area contributed by atoms with Crippen molar-refractivity contribution >= 4 is 5.97 Å². The molecule has 4 aromatic carbocycles. The summed E-state index contributed by atoms with van der Waals surface area (Å²) in [4.78, 5) is 12.8. The van der Waals surface area contributed by atoms with Crippen molar-refractivity contribution in [1.29, 1.82) is 5.26 Å². The monoisotopic (exact) mass is 551 g/mol. The average molecular weight is 552 g/mol. The van der Waals surface area contributed by atoms with E-state index in [-0.39, 0.29) is 26.4 Å². The van der Waals surface area contributed by atoms with Crippen LogP contribution in [-0.2, 0) is 24.6 Å². The molecule has 0 atom stereocenters. The fourth-order valence-corrected chi connectivity index (χ4v) is 4.31. The van der Waals surface area contributed by atoms with Gasteiger partial charge in [0.25, 0.3) is 0 Å². The Labute approximate surface area is 240 Å². The van der Waals surface area contributed by atoms with Gasteiger partial charge in [-0.3, -0.25) is 0 Å². The number of ether oxygens (including phenoxy) is 5. The summed E-state index contributed by atoms with van der Waals surface area (Å²) in [6.07, 6.45) is 0. The number of rotatable bonds is 13. The Bertz CT molecular complexity index is 1510. The van der Waals surface area contributed by atoms with Gasteiger partial charge < -0.3 is 23.7 Å². The molecule has 0 amide bonds. The first-order valence-electron chi connectivity index (χ1n) is 13.4.